The number of rotatable bonds is 9. The van der Waals surface area contributed by atoms with E-state index < -0.39 is 11.9 Å². The van der Waals surface area contributed by atoms with E-state index in [2.05, 4.69) is 10.5 Å². The quantitative estimate of drug-likeness (QED) is 0.152. The van der Waals surface area contributed by atoms with Crippen LogP contribution in [0.2, 0.25) is 0 Å². The second kappa shape index (κ2) is 11.7. The molecule has 0 radical (unpaired) electrons. The SMILES string of the molecule is COc1ccc(C(=O)Oc2ccc3ccccc3c2C=NNC(=O)COc2ccccc2C)cc1OC. The molecule has 8 nitrogen and oxygen atoms in total. The second-order valence-corrected chi connectivity index (χ2v) is 8.01. The van der Waals surface area contributed by atoms with Gasteiger partial charge in [-0.05, 0) is 53.6 Å². The van der Waals surface area contributed by atoms with E-state index in [0.717, 1.165) is 16.3 Å². The van der Waals surface area contributed by atoms with E-state index in [0.29, 0.717) is 22.8 Å². The van der Waals surface area contributed by atoms with Gasteiger partial charge in [-0.25, -0.2) is 10.2 Å². The van der Waals surface area contributed by atoms with Crippen molar-refractivity contribution in [2.24, 2.45) is 5.10 Å². The predicted octanol–water partition coefficient (Wildman–Crippen LogP) is 4.91. The summed E-state index contributed by atoms with van der Waals surface area (Å²) in [5.41, 5.74) is 4.21. The summed E-state index contributed by atoms with van der Waals surface area (Å²) in [6, 6.07) is 23.3. The van der Waals surface area contributed by atoms with Crippen LogP contribution in [0.5, 0.6) is 23.0 Å². The molecule has 4 aromatic rings. The first-order valence-electron chi connectivity index (χ1n) is 11.5. The van der Waals surface area contributed by atoms with E-state index in [9.17, 15) is 9.59 Å². The maximum absolute atomic E-state index is 13.0. The standard InChI is InChI=1S/C29H26N2O6/c1-19-8-4-7-11-24(19)36-18-28(32)31-30-17-23-22-10-6-5-9-20(22)12-14-25(23)37-29(33)21-13-15-26(34-2)27(16-21)35-3/h4-17H,18H2,1-3H3,(H,31,32). The van der Waals surface area contributed by atoms with Crippen molar-refractivity contribution in [2.45, 2.75) is 6.92 Å². The zero-order chi connectivity index (χ0) is 26.2. The van der Waals surface area contributed by atoms with Gasteiger partial charge < -0.3 is 18.9 Å². The summed E-state index contributed by atoms with van der Waals surface area (Å²) in [6.07, 6.45) is 1.45. The van der Waals surface area contributed by atoms with Crippen LogP contribution >= 0.6 is 0 Å². The lowest BCUT2D eigenvalue weighted by Crippen LogP contribution is -2.24. The van der Waals surface area contributed by atoms with Gasteiger partial charge >= 0.3 is 5.97 Å². The van der Waals surface area contributed by atoms with Gasteiger partial charge in [-0.1, -0.05) is 48.5 Å². The molecule has 0 bridgehead atoms. The van der Waals surface area contributed by atoms with E-state index in [-0.39, 0.29) is 17.9 Å². The lowest BCUT2D eigenvalue weighted by molar-refractivity contribution is -0.123. The predicted molar refractivity (Wildman–Crippen MR) is 141 cm³/mol. The number of nitrogens with zero attached hydrogens (tertiary/aromatic N) is 1. The molecule has 0 aliphatic heterocycles. The molecular weight excluding hydrogens is 472 g/mol. The van der Waals surface area contributed by atoms with Gasteiger partial charge in [-0.3, -0.25) is 4.79 Å². The number of carbonyl (C=O) groups excluding carboxylic acids is 2. The lowest BCUT2D eigenvalue weighted by Gasteiger charge is -2.12. The van der Waals surface area contributed by atoms with Crippen LogP contribution < -0.4 is 24.4 Å². The Kier molecular flexibility index (Phi) is 8.00. The van der Waals surface area contributed by atoms with Crippen LogP contribution in [-0.4, -0.2) is 38.9 Å². The van der Waals surface area contributed by atoms with Crippen LogP contribution in [0, 0.1) is 6.92 Å². The van der Waals surface area contributed by atoms with Crippen molar-refractivity contribution in [3.05, 3.63) is 95.6 Å². The molecule has 0 aromatic heterocycles. The summed E-state index contributed by atoms with van der Waals surface area (Å²) in [5, 5.41) is 5.81. The smallest absolute Gasteiger partial charge is 0.343 e. The Morgan fingerprint density at radius 1 is 0.838 bits per heavy atom. The molecule has 0 saturated carbocycles. The molecule has 0 spiro atoms. The minimum absolute atomic E-state index is 0.196. The highest BCUT2D eigenvalue weighted by Gasteiger charge is 2.16. The van der Waals surface area contributed by atoms with Crippen LogP contribution in [0.4, 0.5) is 0 Å². The summed E-state index contributed by atoms with van der Waals surface area (Å²) in [4.78, 5) is 25.2. The van der Waals surface area contributed by atoms with Gasteiger partial charge in [0.2, 0.25) is 0 Å². The molecule has 4 rings (SSSR count). The van der Waals surface area contributed by atoms with Crippen molar-refractivity contribution < 1.29 is 28.5 Å². The highest BCUT2D eigenvalue weighted by molar-refractivity contribution is 6.04. The third-order valence-electron chi connectivity index (χ3n) is 5.59. The first-order chi connectivity index (χ1) is 18.0. The highest BCUT2D eigenvalue weighted by Crippen LogP contribution is 2.30. The molecule has 1 amide bonds. The fourth-order valence-corrected chi connectivity index (χ4v) is 3.68. The van der Waals surface area contributed by atoms with Gasteiger partial charge in [0.15, 0.2) is 18.1 Å². The molecule has 37 heavy (non-hydrogen) atoms. The number of hydrogen-bond donors (Lipinski definition) is 1. The molecule has 0 fully saturated rings. The van der Waals surface area contributed by atoms with Crippen molar-refractivity contribution in [1.82, 2.24) is 5.43 Å². The Hall–Kier alpha value is -4.85. The van der Waals surface area contributed by atoms with Crippen molar-refractivity contribution in [3.63, 3.8) is 0 Å². The van der Waals surface area contributed by atoms with Gasteiger partial charge in [0.25, 0.3) is 5.91 Å². The molecule has 0 heterocycles. The number of ether oxygens (including phenoxy) is 4. The molecule has 0 saturated heterocycles. The molecular formula is C29H26N2O6. The summed E-state index contributed by atoms with van der Waals surface area (Å²) >= 11 is 0. The number of fused-ring (bicyclic) bond motifs is 1. The lowest BCUT2D eigenvalue weighted by atomic mass is 10.0. The summed E-state index contributed by atoms with van der Waals surface area (Å²) < 4.78 is 21.8. The fraction of sp³-hybridized carbons (Fsp3) is 0.138. The van der Waals surface area contributed by atoms with E-state index in [1.807, 2.05) is 55.5 Å². The van der Waals surface area contributed by atoms with Crippen LogP contribution in [0.15, 0.2) is 84.0 Å². The molecule has 0 atom stereocenters. The van der Waals surface area contributed by atoms with E-state index in [1.54, 1.807) is 30.3 Å². The first-order valence-corrected chi connectivity index (χ1v) is 11.5. The number of amides is 1. The summed E-state index contributed by atoms with van der Waals surface area (Å²) in [6.45, 7) is 1.70. The van der Waals surface area contributed by atoms with Crippen LogP contribution in [-0.2, 0) is 4.79 Å². The van der Waals surface area contributed by atoms with Crippen molar-refractivity contribution in [1.29, 1.82) is 0 Å². The minimum Gasteiger partial charge on any atom is -0.493 e. The van der Waals surface area contributed by atoms with Gasteiger partial charge in [-0.2, -0.15) is 5.10 Å². The summed E-state index contributed by atoms with van der Waals surface area (Å²) in [5.74, 6) is 0.811. The van der Waals surface area contributed by atoms with Gasteiger partial charge in [0.05, 0.1) is 26.0 Å². The zero-order valence-corrected chi connectivity index (χ0v) is 20.7. The zero-order valence-electron chi connectivity index (χ0n) is 20.7. The molecule has 0 unspecified atom stereocenters. The van der Waals surface area contributed by atoms with Gasteiger partial charge in [0, 0.05) is 5.56 Å². The van der Waals surface area contributed by atoms with Crippen molar-refractivity contribution >= 4 is 28.9 Å². The number of esters is 1. The molecule has 0 aliphatic rings. The Morgan fingerprint density at radius 3 is 2.35 bits per heavy atom. The third-order valence-corrected chi connectivity index (χ3v) is 5.59. The fourth-order valence-electron chi connectivity index (χ4n) is 3.68. The summed E-state index contributed by atoms with van der Waals surface area (Å²) in [7, 11) is 3.01. The number of methoxy groups -OCH3 is 2. The number of benzene rings is 4. The number of nitrogens with one attached hydrogen (secondary N) is 1. The van der Waals surface area contributed by atoms with E-state index in [1.165, 1.54) is 20.4 Å². The molecule has 8 heteroatoms. The minimum atomic E-state index is -0.582. The maximum atomic E-state index is 13.0. The number of hydrazone groups is 1. The van der Waals surface area contributed by atoms with E-state index in [4.69, 9.17) is 18.9 Å². The molecule has 4 aromatic carbocycles. The number of para-hydroxylation sites is 1. The highest BCUT2D eigenvalue weighted by atomic mass is 16.5. The average Bonchev–Trinajstić information content (AvgIpc) is 2.93. The monoisotopic (exact) mass is 498 g/mol. The van der Waals surface area contributed by atoms with Gasteiger partial charge in [-0.15, -0.1) is 0 Å². The molecule has 0 aliphatic carbocycles. The van der Waals surface area contributed by atoms with Crippen molar-refractivity contribution in [3.8, 4) is 23.0 Å². The maximum Gasteiger partial charge on any atom is 0.343 e. The molecule has 1 N–H and O–H groups in total. The number of hydrogen-bond acceptors (Lipinski definition) is 7. The largest absolute Gasteiger partial charge is 0.493 e. The van der Waals surface area contributed by atoms with Crippen LogP contribution in [0.1, 0.15) is 21.5 Å². The van der Waals surface area contributed by atoms with Crippen molar-refractivity contribution in [2.75, 3.05) is 20.8 Å². The van der Waals surface area contributed by atoms with Crippen LogP contribution in [0.3, 0.4) is 0 Å². The van der Waals surface area contributed by atoms with Gasteiger partial charge in [0.1, 0.15) is 11.5 Å². The molecule has 188 valence electrons. The van der Waals surface area contributed by atoms with E-state index >= 15 is 0 Å². The number of aryl methyl sites for hydroxylation is 1. The average molecular weight is 499 g/mol. The Morgan fingerprint density at radius 2 is 1.57 bits per heavy atom. The first kappa shape index (κ1) is 25.2. The topological polar surface area (TPSA) is 95.5 Å². The number of carbonyl (C=O) groups is 2. The normalized spacial score (nSPS) is 10.8. The van der Waals surface area contributed by atoms with Crippen LogP contribution in [0.25, 0.3) is 10.8 Å². The Bertz CT molecular complexity index is 1460. The Labute approximate surface area is 214 Å². The third kappa shape index (κ3) is 6.05. The second-order valence-electron chi connectivity index (χ2n) is 8.01. The Balaban J connectivity index is 1.53.